The van der Waals surface area contributed by atoms with E-state index in [4.69, 9.17) is 13.9 Å². The lowest BCUT2D eigenvalue weighted by Crippen LogP contribution is -2.04. The van der Waals surface area contributed by atoms with E-state index in [-0.39, 0.29) is 12.3 Å². The average Bonchev–Trinajstić information content (AvgIpc) is 3.15. The Morgan fingerprint density at radius 2 is 1.65 bits per heavy atom. The van der Waals surface area contributed by atoms with Crippen LogP contribution in [0.5, 0.6) is 11.5 Å². The van der Waals surface area contributed by atoms with Gasteiger partial charge in [0.15, 0.2) is 0 Å². The second-order valence-electron chi connectivity index (χ2n) is 5.41. The van der Waals surface area contributed by atoms with Crippen LogP contribution < -0.4 is 9.47 Å². The summed E-state index contributed by atoms with van der Waals surface area (Å²) < 4.78 is 20.9. The molecule has 0 aliphatic rings. The molecule has 7 heteroatoms. The molecule has 0 fully saturated rings. The van der Waals surface area contributed by atoms with Gasteiger partial charge < -0.3 is 18.6 Å². The van der Waals surface area contributed by atoms with Crippen LogP contribution in [0.3, 0.4) is 0 Å². The van der Waals surface area contributed by atoms with Crippen LogP contribution in [-0.4, -0.2) is 30.4 Å². The first-order valence-corrected chi connectivity index (χ1v) is 7.93. The van der Waals surface area contributed by atoms with Crippen LogP contribution in [0.15, 0.2) is 52.9 Å². The number of rotatable bonds is 7. The van der Waals surface area contributed by atoms with Crippen molar-refractivity contribution in [2.75, 3.05) is 14.2 Å². The summed E-state index contributed by atoms with van der Waals surface area (Å²) in [5.41, 5.74) is 1.76. The quantitative estimate of drug-likeness (QED) is 0.603. The Morgan fingerprint density at radius 3 is 2.31 bits per heavy atom. The molecule has 0 spiro atoms. The molecule has 26 heavy (non-hydrogen) atoms. The molecule has 134 valence electrons. The number of methoxy groups -OCH3 is 2. The van der Waals surface area contributed by atoms with Crippen LogP contribution in [0.4, 0.5) is 0 Å². The van der Waals surface area contributed by atoms with Gasteiger partial charge >= 0.3 is 5.97 Å². The van der Waals surface area contributed by atoms with Gasteiger partial charge in [-0.1, -0.05) is 12.1 Å². The molecule has 0 saturated heterocycles. The highest BCUT2D eigenvalue weighted by Gasteiger charge is 2.12. The van der Waals surface area contributed by atoms with Crippen LogP contribution in [0.25, 0.3) is 11.5 Å². The van der Waals surface area contributed by atoms with Gasteiger partial charge in [-0.15, -0.1) is 10.2 Å². The van der Waals surface area contributed by atoms with Crippen LogP contribution in [0.2, 0.25) is 0 Å². The van der Waals surface area contributed by atoms with E-state index < -0.39 is 5.97 Å². The van der Waals surface area contributed by atoms with Crippen molar-refractivity contribution in [1.29, 1.82) is 0 Å². The number of hydrogen-bond acceptors (Lipinski definition) is 7. The van der Waals surface area contributed by atoms with Crippen LogP contribution in [-0.2, 0) is 22.6 Å². The van der Waals surface area contributed by atoms with Gasteiger partial charge in [0.25, 0.3) is 0 Å². The summed E-state index contributed by atoms with van der Waals surface area (Å²) in [7, 11) is 2.94. The van der Waals surface area contributed by atoms with Crippen molar-refractivity contribution in [3.63, 3.8) is 0 Å². The molecule has 2 aromatic carbocycles. The molecule has 0 aliphatic heterocycles. The number of hydrogen-bond donors (Lipinski definition) is 0. The zero-order valence-electron chi connectivity index (χ0n) is 14.5. The third-order valence-electron chi connectivity index (χ3n) is 3.66. The SMILES string of the molecule is COC(=O)Cc1nnc(-c2ccc(COc3ccc(OC)cc3)cc2)o1. The standard InChI is InChI=1S/C19H18N2O5/c1-23-15-7-9-16(10-8-15)25-12-13-3-5-14(6-4-13)19-21-20-17(26-19)11-18(22)24-2/h3-10H,11-12H2,1-2H3. The predicted molar refractivity (Wildman–Crippen MR) is 92.8 cm³/mol. The third kappa shape index (κ3) is 4.38. The van der Waals surface area contributed by atoms with Crippen LogP contribution >= 0.6 is 0 Å². The molecule has 1 heterocycles. The molecule has 0 N–H and O–H groups in total. The van der Waals surface area contributed by atoms with Crippen molar-refractivity contribution in [3.05, 3.63) is 60.0 Å². The molecule has 0 atom stereocenters. The second-order valence-corrected chi connectivity index (χ2v) is 5.41. The van der Waals surface area contributed by atoms with E-state index in [0.717, 1.165) is 22.6 Å². The third-order valence-corrected chi connectivity index (χ3v) is 3.66. The zero-order valence-corrected chi connectivity index (χ0v) is 14.5. The number of aromatic nitrogens is 2. The summed E-state index contributed by atoms with van der Waals surface area (Å²) in [5.74, 6) is 1.70. The Labute approximate surface area is 150 Å². The number of ether oxygens (including phenoxy) is 3. The molecule has 0 bridgehead atoms. The maximum absolute atomic E-state index is 11.2. The number of carbonyl (C=O) groups excluding carboxylic acids is 1. The summed E-state index contributed by atoms with van der Waals surface area (Å²) in [6, 6.07) is 15.0. The summed E-state index contributed by atoms with van der Waals surface area (Å²) in [6.07, 6.45) is -0.0444. The fraction of sp³-hybridized carbons (Fsp3) is 0.211. The topological polar surface area (TPSA) is 83.7 Å². The maximum Gasteiger partial charge on any atom is 0.315 e. The highest BCUT2D eigenvalue weighted by atomic mass is 16.5. The van der Waals surface area contributed by atoms with Crippen LogP contribution in [0, 0.1) is 0 Å². The van der Waals surface area contributed by atoms with E-state index in [1.54, 1.807) is 7.11 Å². The van der Waals surface area contributed by atoms with E-state index in [0.29, 0.717) is 12.5 Å². The predicted octanol–water partition coefficient (Wildman–Crippen LogP) is 3.04. The highest BCUT2D eigenvalue weighted by Crippen LogP contribution is 2.21. The zero-order chi connectivity index (χ0) is 18.4. The van der Waals surface area contributed by atoms with Crippen molar-refractivity contribution in [3.8, 4) is 23.0 Å². The van der Waals surface area contributed by atoms with Crippen molar-refractivity contribution >= 4 is 5.97 Å². The van der Waals surface area contributed by atoms with Gasteiger partial charge in [0.05, 0.1) is 14.2 Å². The Kier molecular flexibility index (Phi) is 5.48. The van der Waals surface area contributed by atoms with Gasteiger partial charge in [-0.2, -0.15) is 0 Å². The first-order valence-electron chi connectivity index (χ1n) is 7.93. The molecular formula is C19H18N2O5. The molecular weight excluding hydrogens is 336 g/mol. The maximum atomic E-state index is 11.2. The average molecular weight is 354 g/mol. The summed E-state index contributed by atoms with van der Waals surface area (Å²) in [6.45, 7) is 0.435. The first-order chi connectivity index (χ1) is 12.7. The minimum Gasteiger partial charge on any atom is -0.497 e. The fourth-order valence-corrected chi connectivity index (χ4v) is 2.22. The Morgan fingerprint density at radius 1 is 0.962 bits per heavy atom. The number of carbonyl (C=O) groups is 1. The molecule has 0 radical (unpaired) electrons. The largest absolute Gasteiger partial charge is 0.497 e. The van der Waals surface area contributed by atoms with E-state index in [2.05, 4.69) is 14.9 Å². The number of nitrogens with zero attached hydrogens (tertiary/aromatic N) is 2. The Bertz CT molecular complexity index is 856. The summed E-state index contributed by atoms with van der Waals surface area (Å²) in [4.78, 5) is 11.2. The molecule has 1 aromatic heterocycles. The van der Waals surface area contributed by atoms with Gasteiger partial charge in [0.2, 0.25) is 11.8 Å². The van der Waals surface area contributed by atoms with Crippen molar-refractivity contribution < 1.29 is 23.4 Å². The van der Waals surface area contributed by atoms with Crippen molar-refractivity contribution in [2.45, 2.75) is 13.0 Å². The van der Waals surface area contributed by atoms with Gasteiger partial charge in [0.1, 0.15) is 24.5 Å². The van der Waals surface area contributed by atoms with Crippen LogP contribution in [0.1, 0.15) is 11.5 Å². The smallest absolute Gasteiger partial charge is 0.315 e. The lowest BCUT2D eigenvalue weighted by molar-refractivity contribution is -0.140. The van der Waals surface area contributed by atoms with E-state index in [1.807, 2.05) is 48.5 Å². The summed E-state index contributed by atoms with van der Waals surface area (Å²) in [5, 5.41) is 7.79. The fourth-order valence-electron chi connectivity index (χ4n) is 2.22. The lowest BCUT2D eigenvalue weighted by Gasteiger charge is -2.07. The Hall–Kier alpha value is -3.35. The molecule has 3 aromatic rings. The summed E-state index contributed by atoms with van der Waals surface area (Å²) >= 11 is 0. The minimum atomic E-state index is -0.425. The van der Waals surface area contributed by atoms with Crippen molar-refractivity contribution in [1.82, 2.24) is 10.2 Å². The van der Waals surface area contributed by atoms with Gasteiger partial charge in [-0.25, -0.2) is 0 Å². The molecule has 3 rings (SSSR count). The van der Waals surface area contributed by atoms with Gasteiger partial charge in [-0.05, 0) is 42.0 Å². The minimum absolute atomic E-state index is 0.0444. The second kappa shape index (κ2) is 8.15. The molecule has 0 aliphatic carbocycles. The van der Waals surface area contributed by atoms with Gasteiger partial charge in [-0.3, -0.25) is 4.79 Å². The van der Waals surface area contributed by atoms with Crippen molar-refractivity contribution in [2.24, 2.45) is 0 Å². The first kappa shape index (κ1) is 17.5. The number of esters is 1. The van der Waals surface area contributed by atoms with E-state index >= 15 is 0 Å². The van der Waals surface area contributed by atoms with Gasteiger partial charge in [0, 0.05) is 5.56 Å². The van der Waals surface area contributed by atoms with E-state index in [1.165, 1.54) is 7.11 Å². The molecule has 0 amide bonds. The number of benzene rings is 2. The molecule has 0 unspecified atom stereocenters. The highest BCUT2D eigenvalue weighted by molar-refractivity contribution is 5.71. The van der Waals surface area contributed by atoms with E-state index in [9.17, 15) is 4.79 Å². The monoisotopic (exact) mass is 354 g/mol. The lowest BCUT2D eigenvalue weighted by atomic mass is 10.1. The normalized spacial score (nSPS) is 10.4. The molecule has 7 nitrogen and oxygen atoms in total. The molecule has 0 saturated carbocycles. The Balaban J connectivity index is 1.60.